The Morgan fingerprint density at radius 2 is 0.892 bits per heavy atom. The number of benzene rings is 7. The molecule has 2 saturated carbocycles. The third-order valence-electron chi connectivity index (χ3n) is 18.0. The number of hydrogen-bond acceptors (Lipinski definition) is 12. The molecule has 7 aromatic carbocycles. The number of hydrogen-bond donors (Lipinski definition) is 3. The van der Waals surface area contributed by atoms with Crippen molar-refractivity contribution < 1.29 is 0 Å². The smallest absolute Gasteiger partial charge is 0.150 e. The van der Waals surface area contributed by atoms with Crippen molar-refractivity contribution in [2.75, 3.05) is 17.2 Å². The maximum absolute atomic E-state index is 6.32. The van der Waals surface area contributed by atoms with Gasteiger partial charge in [0, 0.05) is 92.0 Å². The highest BCUT2D eigenvalue weighted by Crippen LogP contribution is 2.44. The van der Waals surface area contributed by atoms with E-state index in [4.69, 9.17) is 37.1 Å². The minimum absolute atomic E-state index is 0.374. The lowest BCUT2D eigenvalue weighted by atomic mass is 9.80. The predicted molar refractivity (Wildman–Crippen MR) is 375 cm³/mol. The fourth-order valence-electron chi connectivity index (χ4n) is 12.9. The molecule has 2 aliphatic carbocycles. The number of fused-ring (bicyclic) bond motifs is 6. The van der Waals surface area contributed by atoms with E-state index in [-0.39, 0.29) is 0 Å². The highest BCUT2D eigenvalue weighted by atomic mass is 15.1. The maximum atomic E-state index is 6.32. The van der Waals surface area contributed by atoms with Crippen molar-refractivity contribution in [3.8, 4) is 73.0 Å². The molecule has 2 aliphatic rings. The third-order valence-corrected chi connectivity index (χ3v) is 18.0. The zero-order chi connectivity index (χ0) is 62.5. The molecule has 0 saturated heterocycles. The van der Waals surface area contributed by atoms with Crippen molar-refractivity contribution >= 4 is 77.7 Å². The third kappa shape index (κ3) is 10.6. The summed E-state index contributed by atoms with van der Waals surface area (Å²) in [4.78, 5) is 41.8. The summed E-state index contributed by atoms with van der Waals surface area (Å²) in [5.41, 5.74) is 38.8. The van der Waals surface area contributed by atoms with Crippen LogP contribution in [-0.2, 0) is 0 Å². The average Bonchev–Trinajstić information content (AvgIpc) is 1.65. The largest absolute Gasteiger partial charge is 0.383 e. The molecule has 6 N–H and O–H groups in total. The number of para-hydroxylation sites is 1. The van der Waals surface area contributed by atoms with Crippen LogP contribution in [0.25, 0.3) is 133 Å². The molecule has 9 heterocycles. The summed E-state index contributed by atoms with van der Waals surface area (Å²) >= 11 is 0. The fraction of sp³-hybridized carbons (Fsp3) is 0.0897. The van der Waals surface area contributed by atoms with Crippen LogP contribution >= 0.6 is 0 Å². The Balaban J connectivity index is 0.000000111. The number of allylic oxidation sites excluding steroid dienone is 1. The average molecular weight is 1210 g/mol. The van der Waals surface area contributed by atoms with E-state index in [0.29, 0.717) is 29.4 Å². The summed E-state index contributed by atoms with van der Waals surface area (Å²) in [6, 6.07) is 72.9. The van der Waals surface area contributed by atoms with Crippen LogP contribution in [0.5, 0.6) is 0 Å². The lowest BCUT2D eigenvalue weighted by Gasteiger charge is -2.27. The van der Waals surface area contributed by atoms with E-state index in [0.717, 1.165) is 152 Å². The maximum Gasteiger partial charge on any atom is 0.150 e. The molecular formula is C78H61N15. The van der Waals surface area contributed by atoms with Crippen molar-refractivity contribution in [2.45, 2.75) is 44.1 Å². The van der Waals surface area contributed by atoms with E-state index >= 15 is 0 Å². The Hall–Kier alpha value is -12.2. The number of anilines is 3. The first-order valence-electron chi connectivity index (χ1n) is 31.2. The Labute approximate surface area is 535 Å². The molecule has 448 valence electrons. The minimum Gasteiger partial charge on any atom is -0.383 e. The van der Waals surface area contributed by atoms with E-state index in [1.54, 1.807) is 12.5 Å². The quantitative estimate of drug-likeness (QED) is 0.115. The number of rotatable bonds is 9. The second kappa shape index (κ2) is 23.6. The van der Waals surface area contributed by atoms with Gasteiger partial charge < -0.3 is 26.3 Å². The number of pyridine rings is 3. The van der Waals surface area contributed by atoms with Gasteiger partial charge in [0.05, 0.1) is 44.4 Å². The summed E-state index contributed by atoms with van der Waals surface area (Å²) in [5, 5.41) is 5.07. The Bertz CT molecular complexity index is 5500. The van der Waals surface area contributed by atoms with Crippen molar-refractivity contribution in [1.29, 1.82) is 0 Å². The molecule has 0 atom stereocenters. The van der Waals surface area contributed by atoms with Crippen LogP contribution < -0.4 is 17.2 Å². The minimum atomic E-state index is 0.374. The predicted octanol–water partition coefficient (Wildman–Crippen LogP) is 17.1. The molecule has 15 nitrogen and oxygen atoms in total. The highest BCUT2D eigenvalue weighted by Gasteiger charge is 2.30. The number of nitrogens with two attached hydrogens (primary N) is 3. The summed E-state index contributed by atoms with van der Waals surface area (Å²) < 4.78 is 6.43. The van der Waals surface area contributed by atoms with E-state index in [1.807, 2.05) is 79.0 Å². The fourth-order valence-corrected chi connectivity index (χ4v) is 12.9. The molecule has 0 amide bonds. The van der Waals surface area contributed by atoms with Crippen LogP contribution in [0.2, 0.25) is 0 Å². The molecule has 0 aliphatic heterocycles. The molecular weight excluding hydrogens is 1150 g/mol. The Kier molecular flexibility index (Phi) is 14.2. The van der Waals surface area contributed by atoms with Gasteiger partial charge in [-0.2, -0.15) is 0 Å². The van der Waals surface area contributed by atoms with Crippen LogP contribution in [0.3, 0.4) is 0 Å². The van der Waals surface area contributed by atoms with Crippen molar-refractivity contribution in [3.05, 3.63) is 268 Å². The SMILES string of the molecule is C=C1CC(c2nc(-c3ccc4ccc(-c5ccccc5)nc4c3)c3c(N)nccn23)C1.Nc1ncnc2c1c(-c1ccc3ccc(-c4ccccc4)nc3c1)cn2-c1ccccc1.Nc1ncnc2c1c(-c1ccc3ccc(-c4ccccc4)nc3c1)cn2C1CCC1. The number of nitrogens with zero attached hydrogens (tertiary/aromatic N) is 12. The first-order valence-corrected chi connectivity index (χ1v) is 31.2. The van der Waals surface area contributed by atoms with Crippen molar-refractivity contribution in [2.24, 2.45) is 0 Å². The number of aromatic nitrogens is 12. The summed E-state index contributed by atoms with van der Waals surface area (Å²) in [6.07, 6.45) is 16.6. The number of nitrogen functional groups attached to an aromatic ring is 3. The first kappa shape index (κ1) is 56.0. The van der Waals surface area contributed by atoms with E-state index < -0.39 is 0 Å². The normalized spacial score (nSPS) is 13.2. The van der Waals surface area contributed by atoms with Gasteiger partial charge in [0.2, 0.25) is 0 Å². The molecule has 16 aromatic rings. The van der Waals surface area contributed by atoms with Gasteiger partial charge >= 0.3 is 0 Å². The van der Waals surface area contributed by atoms with E-state index in [2.05, 4.69) is 197 Å². The van der Waals surface area contributed by atoms with Gasteiger partial charge in [-0.25, -0.2) is 44.9 Å². The molecule has 0 bridgehead atoms. The Morgan fingerprint density at radius 3 is 1.40 bits per heavy atom. The van der Waals surface area contributed by atoms with E-state index in [9.17, 15) is 0 Å². The van der Waals surface area contributed by atoms with Gasteiger partial charge in [-0.3, -0.25) is 4.40 Å². The molecule has 9 aromatic heterocycles. The molecule has 93 heavy (non-hydrogen) atoms. The highest BCUT2D eigenvalue weighted by molar-refractivity contribution is 6.04. The second-order valence-corrected chi connectivity index (χ2v) is 23.8. The lowest BCUT2D eigenvalue weighted by Crippen LogP contribution is -2.16. The van der Waals surface area contributed by atoms with E-state index in [1.165, 1.54) is 31.2 Å². The first-order chi connectivity index (χ1) is 45.7. The lowest BCUT2D eigenvalue weighted by molar-refractivity contribution is 0.320. The summed E-state index contributed by atoms with van der Waals surface area (Å²) in [5.74, 6) is 2.88. The van der Waals surface area contributed by atoms with Crippen molar-refractivity contribution in [1.82, 2.24) is 58.4 Å². The van der Waals surface area contributed by atoms with Crippen LogP contribution in [0.1, 0.15) is 49.9 Å². The van der Waals surface area contributed by atoms with Gasteiger partial charge in [0.25, 0.3) is 0 Å². The van der Waals surface area contributed by atoms with Gasteiger partial charge in [0.15, 0.2) is 5.65 Å². The van der Waals surface area contributed by atoms with Crippen LogP contribution in [-0.4, -0.2) is 58.4 Å². The van der Waals surface area contributed by atoms with Crippen molar-refractivity contribution in [3.63, 3.8) is 0 Å². The second-order valence-electron chi connectivity index (χ2n) is 23.8. The molecule has 0 radical (unpaired) electrons. The van der Waals surface area contributed by atoms with Crippen LogP contribution in [0, 0.1) is 0 Å². The van der Waals surface area contributed by atoms with Gasteiger partial charge in [-0.15, -0.1) is 0 Å². The summed E-state index contributed by atoms with van der Waals surface area (Å²) in [6.45, 7) is 4.08. The molecule has 0 unspecified atom stereocenters. The monoisotopic (exact) mass is 1210 g/mol. The summed E-state index contributed by atoms with van der Waals surface area (Å²) in [7, 11) is 0. The van der Waals surface area contributed by atoms with Gasteiger partial charge in [-0.05, 0) is 91.8 Å². The molecule has 0 spiro atoms. The zero-order valence-electron chi connectivity index (χ0n) is 50.7. The standard InChI is InChI=1S/C27H19N5.C26H21N5.C25H21N5/c28-26-25-22(16-32(27(25)30-17-29-26)21-9-5-2-6-10-21)20-12-11-19-13-14-23(31-24(19)15-20)18-7-3-1-4-8-18;1-16-13-20(14-16)26-30-23(24-25(27)28-11-12-31(24)26)19-8-7-18-9-10-21(29-22(18)15-19)17-5-3-2-4-6-17;26-24-23-20(14-30(19-7-4-8-19)25(23)28-15-27-24)18-10-9-17-11-12-21(29-22(17)13-18)16-5-2-1-3-6-16/h1-17H,(H2,28,29,30);2-12,15,20H,1,13-14H2,(H2,27,28);1-3,5-6,9-15,19H,4,7-8H2,(H2,26,27,28). The van der Waals surface area contributed by atoms with Crippen LogP contribution in [0.15, 0.2) is 262 Å². The molecule has 18 rings (SSSR count). The van der Waals surface area contributed by atoms with Gasteiger partial charge in [-0.1, -0.05) is 176 Å². The zero-order valence-corrected chi connectivity index (χ0v) is 50.7. The van der Waals surface area contributed by atoms with Gasteiger partial charge in [0.1, 0.15) is 52.8 Å². The Morgan fingerprint density at radius 1 is 0.430 bits per heavy atom. The topological polar surface area (TPSA) is 208 Å². The molecule has 2 fully saturated rings. The number of imidazole rings is 1. The molecule has 15 heteroatoms. The van der Waals surface area contributed by atoms with Crippen LogP contribution in [0.4, 0.5) is 17.5 Å².